The van der Waals surface area contributed by atoms with Crippen LogP contribution in [0.3, 0.4) is 0 Å². The largest absolute Gasteiger partial charge is 0.353 e. The van der Waals surface area contributed by atoms with Crippen LogP contribution in [-0.4, -0.2) is 115 Å². The molecule has 0 aromatic rings. The van der Waals surface area contributed by atoms with Gasteiger partial charge >= 0.3 is 0 Å². The van der Waals surface area contributed by atoms with Crippen LogP contribution in [0.25, 0.3) is 0 Å². The number of hydrogen-bond donors (Lipinski definition) is 2. The number of nitrogens with one attached hydrogen (secondary N) is 2. The number of piperazine rings is 1. The summed E-state index contributed by atoms with van der Waals surface area (Å²) in [6, 6.07) is 0.511. The quantitative estimate of drug-likeness (QED) is 0.611. The van der Waals surface area contributed by atoms with Crippen molar-refractivity contribution in [1.29, 1.82) is 0 Å². The van der Waals surface area contributed by atoms with Gasteiger partial charge in [0, 0.05) is 64.3 Å². The summed E-state index contributed by atoms with van der Waals surface area (Å²) in [5.41, 5.74) is 0. The fourth-order valence-electron chi connectivity index (χ4n) is 6.36. The Kier molecular flexibility index (Phi) is 7.02. The molecule has 32 heavy (non-hydrogen) atoms. The molecule has 0 radical (unpaired) electrons. The molecule has 5 fully saturated rings. The summed E-state index contributed by atoms with van der Waals surface area (Å²) in [4.78, 5) is 35.3. The third-order valence-electron chi connectivity index (χ3n) is 8.62. The van der Waals surface area contributed by atoms with Crippen LogP contribution in [0.5, 0.6) is 0 Å². The molecule has 0 aromatic carbocycles. The number of likely N-dealkylation sites (N-methyl/N-ethyl adjacent to an activating group) is 1. The van der Waals surface area contributed by atoms with E-state index in [0.717, 1.165) is 64.6 Å². The summed E-state index contributed by atoms with van der Waals surface area (Å²) in [5, 5.41) is 6.83. The van der Waals surface area contributed by atoms with Crippen LogP contribution in [0, 0.1) is 5.92 Å². The molecular formula is C24H42N6O2. The molecule has 8 nitrogen and oxygen atoms in total. The number of fused-ring (bicyclic) bond motifs is 1. The molecule has 4 heterocycles. The fraction of sp³-hybridized carbons (Fsp3) is 0.917. The lowest BCUT2D eigenvalue weighted by atomic mass is 10.0. The van der Waals surface area contributed by atoms with Crippen molar-refractivity contribution in [2.24, 2.45) is 5.92 Å². The van der Waals surface area contributed by atoms with Crippen molar-refractivity contribution < 1.29 is 9.59 Å². The molecule has 1 unspecified atom stereocenters. The Hall–Kier alpha value is -1.22. The van der Waals surface area contributed by atoms with Gasteiger partial charge in [-0.3, -0.25) is 24.3 Å². The SMILES string of the molecule is CN1[C@@H](CCC(=O)N2CCN(C3CCCCN3)CC2)CNC(=O)[C@@H]2[C@@H]1CCN2CC1CC1. The van der Waals surface area contributed by atoms with E-state index in [-0.39, 0.29) is 29.9 Å². The van der Waals surface area contributed by atoms with E-state index in [1.54, 1.807) is 0 Å². The molecule has 2 N–H and O–H groups in total. The topological polar surface area (TPSA) is 71.2 Å². The van der Waals surface area contributed by atoms with Crippen molar-refractivity contribution >= 4 is 11.8 Å². The van der Waals surface area contributed by atoms with Gasteiger partial charge in [-0.2, -0.15) is 0 Å². The molecule has 5 rings (SSSR count). The number of likely N-dealkylation sites (tertiary alicyclic amines) is 1. The monoisotopic (exact) mass is 446 g/mol. The van der Waals surface area contributed by atoms with E-state index in [0.29, 0.717) is 19.1 Å². The van der Waals surface area contributed by atoms with Gasteiger partial charge in [-0.05, 0) is 64.5 Å². The molecule has 1 aliphatic carbocycles. The first-order valence-corrected chi connectivity index (χ1v) is 13.1. The van der Waals surface area contributed by atoms with Gasteiger partial charge in [0.1, 0.15) is 6.04 Å². The van der Waals surface area contributed by atoms with Crippen LogP contribution in [0.1, 0.15) is 51.4 Å². The maximum atomic E-state index is 13.0. The van der Waals surface area contributed by atoms with E-state index >= 15 is 0 Å². The van der Waals surface area contributed by atoms with Gasteiger partial charge in [-0.25, -0.2) is 0 Å². The minimum Gasteiger partial charge on any atom is -0.353 e. The second-order valence-electron chi connectivity index (χ2n) is 10.7. The zero-order chi connectivity index (χ0) is 22.1. The average molecular weight is 447 g/mol. The molecule has 4 aliphatic heterocycles. The lowest BCUT2D eigenvalue weighted by Crippen LogP contribution is -2.56. The Labute approximate surface area is 193 Å². The number of carbonyl (C=O) groups excluding carboxylic acids is 2. The molecule has 4 atom stereocenters. The number of piperidine rings is 1. The Balaban J connectivity index is 1.10. The van der Waals surface area contributed by atoms with Crippen LogP contribution in [-0.2, 0) is 9.59 Å². The van der Waals surface area contributed by atoms with Gasteiger partial charge < -0.3 is 15.5 Å². The molecule has 8 heteroatoms. The first-order valence-electron chi connectivity index (χ1n) is 13.1. The maximum Gasteiger partial charge on any atom is 0.239 e. The highest BCUT2D eigenvalue weighted by atomic mass is 16.2. The molecule has 180 valence electrons. The summed E-state index contributed by atoms with van der Waals surface area (Å²) in [5.74, 6) is 1.28. The van der Waals surface area contributed by atoms with Gasteiger partial charge in [0.15, 0.2) is 0 Å². The third-order valence-corrected chi connectivity index (χ3v) is 8.62. The zero-order valence-electron chi connectivity index (χ0n) is 19.8. The van der Waals surface area contributed by atoms with Crippen LogP contribution < -0.4 is 10.6 Å². The normalized spacial score (nSPS) is 35.4. The van der Waals surface area contributed by atoms with Gasteiger partial charge in [0.25, 0.3) is 0 Å². The molecule has 4 saturated heterocycles. The van der Waals surface area contributed by atoms with Crippen molar-refractivity contribution in [2.75, 3.05) is 59.4 Å². The molecule has 1 saturated carbocycles. The highest BCUT2D eigenvalue weighted by molar-refractivity contribution is 5.83. The number of amides is 2. The minimum atomic E-state index is -0.0113. The standard InChI is InChI=1S/C24H42N6O2/c1-27-19(16-26-24(32)23-20(27)9-11-30(23)17-18-5-6-18)7-8-22(31)29-14-12-28(13-15-29)21-4-2-3-10-25-21/h18-21,23,25H,2-17H2,1H3,(H,26,32)/t19-,20-,21?,23-/m0/s1. The molecule has 2 amide bonds. The third kappa shape index (κ3) is 4.98. The first-order chi connectivity index (χ1) is 15.6. The Bertz CT molecular complexity index is 671. The Morgan fingerprint density at radius 1 is 1.03 bits per heavy atom. The summed E-state index contributed by atoms with van der Waals surface area (Å²) >= 11 is 0. The summed E-state index contributed by atoms with van der Waals surface area (Å²) in [6.45, 7) is 7.52. The van der Waals surface area contributed by atoms with Crippen LogP contribution >= 0.6 is 0 Å². The minimum absolute atomic E-state index is 0.0113. The van der Waals surface area contributed by atoms with Crippen LogP contribution in [0.15, 0.2) is 0 Å². The Morgan fingerprint density at radius 2 is 1.84 bits per heavy atom. The molecule has 0 spiro atoms. The number of hydrogen-bond acceptors (Lipinski definition) is 6. The van der Waals surface area contributed by atoms with Crippen LogP contribution in [0.4, 0.5) is 0 Å². The lowest BCUT2D eigenvalue weighted by molar-refractivity contribution is -0.134. The average Bonchev–Trinajstić information content (AvgIpc) is 3.56. The number of rotatable bonds is 6. The second kappa shape index (κ2) is 9.95. The van der Waals surface area contributed by atoms with Gasteiger partial charge in [0.05, 0.1) is 6.17 Å². The van der Waals surface area contributed by atoms with Gasteiger partial charge in [-0.15, -0.1) is 0 Å². The highest BCUT2D eigenvalue weighted by Gasteiger charge is 2.46. The number of carbonyl (C=O) groups is 2. The highest BCUT2D eigenvalue weighted by Crippen LogP contribution is 2.34. The van der Waals surface area contributed by atoms with Crippen molar-refractivity contribution in [3.8, 4) is 0 Å². The molecule has 0 aromatic heterocycles. The van der Waals surface area contributed by atoms with Gasteiger partial charge in [-0.1, -0.05) is 0 Å². The van der Waals surface area contributed by atoms with Gasteiger partial charge in [0.2, 0.25) is 11.8 Å². The first kappa shape index (κ1) is 22.6. The van der Waals surface area contributed by atoms with E-state index in [4.69, 9.17) is 0 Å². The van der Waals surface area contributed by atoms with E-state index in [2.05, 4.69) is 37.3 Å². The van der Waals surface area contributed by atoms with E-state index in [1.807, 2.05) is 0 Å². The van der Waals surface area contributed by atoms with E-state index < -0.39 is 0 Å². The molecule has 5 aliphatic rings. The predicted molar refractivity (Wildman–Crippen MR) is 124 cm³/mol. The lowest BCUT2D eigenvalue weighted by Gasteiger charge is -2.41. The second-order valence-corrected chi connectivity index (χ2v) is 10.7. The zero-order valence-corrected chi connectivity index (χ0v) is 19.8. The van der Waals surface area contributed by atoms with Crippen LogP contribution in [0.2, 0.25) is 0 Å². The summed E-state index contributed by atoms with van der Waals surface area (Å²) in [6.07, 6.45) is 9.43. The summed E-state index contributed by atoms with van der Waals surface area (Å²) in [7, 11) is 2.17. The van der Waals surface area contributed by atoms with E-state index in [1.165, 1.54) is 32.1 Å². The Morgan fingerprint density at radius 3 is 2.56 bits per heavy atom. The summed E-state index contributed by atoms with van der Waals surface area (Å²) < 4.78 is 0. The van der Waals surface area contributed by atoms with Crippen molar-refractivity contribution in [1.82, 2.24) is 30.2 Å². The molecule has 0 bridgehead atoms. The van der Waals surface area contributed by atoms with Crippen molar-refractivity contribution in [3.05, 3.63) is 0 Å². The maximum absolute atomic E-state index is 13.0. The van der Waals surface area contributed by atoms with E-state index in [9.17, 15) is 9.59 Å². The molecular weight excluding hydrogens is 404 g/mol. The smallest absolute Gasteiger partial charge is 0.239 e. The van der Waals surface area contributed by atoms with Crippen molar-refractivity contribution in [2.45, 2.75) is 75.7 Å². The number of nitrogens with zero attached hydrogens (tertiary/aromatic N) is 4. The predicted octanol–water partition coefficient (Wildman–Crippen LogP) is 0.294. The fourth-order valence-corrected chi connectivity index (χ4v) is 6.36. The van der Waals surface area contributed by atoms with Crippen molar-refractivity contribution in [3.63, 3.8) is 0 Å².